The normalized spacial score (nSPS) is 15.9. The van der Waals surface area contributed by atoms with E-state index in [9.17, 15) is 4.79 Å². The van der Waals surface area contributed by atoms with Gasteiger partial charge in [-0.05, 0) is 37.3 Å². The van der Waals surface area contributed by atoms with E-state index < -0.39 is 0 Å². The molecule has 0 saturated carbocycles. The number of benzene rings is 2. The molecular weight excluding hydrogens is 354 g/mol. The van der Waals surface area contributed by atoms with E-state index in [1.165, 1.54) is 0 Å². The largest absolute Gasteiger partial charge is 0.486 e. The first-order chi connectivity index (χ1) is 12.5. The van der Waals surface area contributed by atoms with Gasteiger partial charge in [0, 0.05) is 23.0 Å². The summed E-state index contributed by atoms with van der Waals surface area (Å²) in [7, 11) is 1.73. The van der Waals surface area contributed by atoms with Crippen molar-refractivity contribution in [2.24, 2.45) is 0 Å². The van der Waals surface area contributed by atoms with Gasteiger partial charge < -0.3 is 18.8 Å². The molecule has 26 heavy (non-hydrogen) atoms. The second kappa shape index (κ2) is 6.57. The Hall–Kier alpha value is -2.66. The molecule has 1 aliphatic rings. The zero-order valence-corrected chi connectivity index (χ0v) is 15.2. The minimum absolute atomic E-state index is 0.197. The summed E-state index contributed by atoms with van der Waals surface area (Å²) in [6, 6.07) is 12.8. The number of fused-ring (bicyclic) bond motifs is 2. The van der Waals surface area contributed by atoms with Crippen LogP contribution in [0.2, 0.25) is 5.02 Å². The number of halogens is 1. The van der Waals surface area contributed by atoms with Gasteiger partial charge in [-0.15, -0.1) is 0 Å². The quantitative estimate of drug-likeness (QED) is 0.688. The number of ether oxygens (including phenoxy) is 2. The van der Waals surface area contributed by atoms with Crippen LogP contribution in [-0.2, 0) is 0 Å². The van der Waals surface area contributed by atoms with Crippen LogP contribution in [0.4, 0.5) is 0 Å². The Bertz CT molecular complexity index is 981. The van der Waals surface area contributed by atoms with Gasteiger partial charge in [0.1, 0.15) is 12.2 Å². The van der Waals surface area contributed by atoms with Crippen LogP contribution < -0.4 is 9.47 Å². The zero-order valence-electron chi connectivity index (χ0n) is 14.5. The second-order valence-electron chi connectivity index (χ2n) is 6.38. The third kappa shape index (κ3) is 2.99. The molecule has 0 N–H and O–H groups in total. The Morgan fingerprint density at radius 1 is 1.23 bits per heavy atom. The lowest BCUT2D eigenvalue weighted by molar-refractivity contribution is 0.0502. The second-order valence-corrected chi connectivity index (χ2v) is 6.82. The van der Waals surface area contributed by atoms with Crippen LogP contribution in [0.3, 0.4) is 0 Å². The number of carbonyl (C=O) groups is 1. The minimum atomic E-state index is -0.238. The molecule has 0 bridgehead atoms. The molecule has 2 heterocycles. The van der Waals surface area contributed by atoms with Crippen molar-refractivity contribution in [1.29, 1.82) is 0 Å². The molecule has 6 heteroatoms. The predicted octanol–water partition coefficient (Wildman–Crippen LogP) is 4.31. The lowest BCUT2D eigenvalue weighted by atomic mass is 10.1. The van der Waals surface area contributed by atoms with E-state index in [1.54, 1.807) is 24.1 Å². The minimum Gasteiger partial charge on any atom is -0.486 e. The van der Waals surface area contributed by atoms with Gasteiger partial charge in [0.05, 0.1) is 6.54 Å². The Morgan fingerprint density at radius 2 is 2.00 bits per heavy atom. The first-order valence-corrected chi connectivity index (χ1v) is 8.73. The maximum absolute atomic E-state index is 12.8. The zero-order chi connectivity index (χ0) is 18.3. The fraction of sp³-hybridized carbons (Fsp3) is 0.250. The molecule has 0 radical (unpaired) electrons. The maximum Gasteiger partial charge on any atom is 0.289 e. The molecule has 0 fully saturated rings. The summed E-state index contributed by atoms with van der Waals surface area (Å²) in [5, 5.41) is 1.46. The number of amides is 1. The summed E-state index contributed by atoms with van der Waals surface area (Å²) in [6.07, 6.45) is -0.238. The number of nitrogens with zero attached hydrogens (tertiary/aromatic N) is 1. The van der Waals surface area contributed by atoms with E-state index in [0.29, 0.717) is 35.3 Å². The first kappa shape index (κ1) is 16.8. The van der Waals surface area contributed by atoms with Crippen LogP contribution >= 0.6 is 11.6 Å². The van der Waals surface area contributed by atoms with Gasteiger partial charge in [-0.2, -0.15) is 0 Å². The van der Waals surface area contributed by atoms with Gasteiger partial charge >= 0.3 is 0 Å². The van der Waals surface area contributed by atoms with Crippen LogP contribution in [0.1, 0.15) is 16.1 Å². The summed E-state index contributed by atoms with van der Waals surface area (Å²) in [6.45, 7) is 2.65. The molecule has 3 aromatic rings. The first-order valence-electron chi connectivity index (χ1n) is 8.35. The molecule has 134 valence electrons. The predicted molar refractivity (Wildman–Crippen MR) is 99.3 cm³/mol. The lowest BCUT2D eigenvalue weighted by Gasteiger charge is -2.29. The number of likely N-dealkylation sites (N-methyl/N-ethyl adjacent to an activating group) is 1. The van der Waals surface area contributed by atoms with E-state index in [4.69, 9.17) is 25.5 Å². The highest BCUT2D eigenvalue weighted by Crippen LogP contribution is 2.32. The fourth-order valence-corrected chi connectivity index (χ4v) is 3.28. The molecule has 2 aromatic carbocycles. The highest BCUT2D eigenvalue weighted by molar-refractivity contribution is 6.31. The van der Waals surface area contributed by atoms with Gasteiger partial charge in [-0.3, -0.25) is 4.79 Å². The Balaban J connectivity index is 1.51. The topological polar surface area (TPSA) is 51.9 Å². The lowest BCUT2D eigenvalue weighted by Crippen LogP contribution is -2.41. The third-order valence-corrected chi connectivity index (χ3v) is 4.72. The van der Waals surface area contributed by atoms with Crippen LogP contribution in [0.5, 0.6) is 11.5 Å². The smallest absolute Gasteiger partial charge is 0.289 e. The SMILES string of the molecule is Cc1c(C(=O)N(C)C[C@H]2COc3ccccc3O2)oc2ccc(Cl)cc12. The Morgan fingerprint density at radius 3 is 2.81 bits per heavy atom. The monoisotopic (exact) mass is 371 g/mol. The molecule has 1 atom stereocenters. The summed E-state index contributed by atoms with van der Waals surface area (Å²) in [4.78, 5) is 14.4. The summed E-state index contributed by atoms with van der Waals surface area (Å²) < 4.78 is 17.4. The van der Waals surface area contributed by atoms with Crippen LogP contribution in [0.25, 0.3) is 11.0 Å². The van der Waals surface area contributed by atoms with Crippen molar-refractivity contribution in [2.75, 3.05) is 20.2 Å². The van der Waals surface area contributed by atoms with Crippen molar-refractivity contribution < 1.29 is 18.7 Å². The third-order valence-electron chi connectivity index (χ3n) is 4.48. The van der Waals surface area contributed by atoms with Crippen molar-refractivity contribution in [3.05, 3.63) is 58.8 Å². The molecule has 0 aliphatic carbocycles. The van der Waals surface area contributed by atoms with E-state index in [1.807, 2.05) is 37.3 Å². The molecule has 1 aliphatic heterocycles. The van der Waals surface area contributed by atoms with E-state index in [-0.39, 0.29) is 12.0 Å². The number of hydrogen-bond donors (Lipinski definition) is 0. The van der Waals surface area contributed by atoms with Gasteiger partial charge in [0.15, 0.2) is 23.4 Å². The van der Waals surface area contributed by atoms with Gasteiger partial charge in [0.2, 0.25) is 0 Å². The van der Waals surface area contributed by atoms with E-state index >= 15 is 0 Å². The maximum atomic E-state index is 12.8. The summed E-state index contributed by atoms with van der Waals surface area (Å²) in [5.74, 6) is 1.54. The number of aryl methyl sites for hydroxylation is 1. The number of rotatable bonds is 3. The van der Waals surface area contributed by atoms with Crippen LogP contribution in [0, 0.1) is 6.92 Å². The van der Waals surface area contributed by atoms with Gasteiger partial charge in [-0.25, -0.2) is 0 Å². The molecule has 5 nitrogen and oxygen atoms in total. The van der Waals surface area contributed by atoms with Gasteiger partial charge in [0.25, 0.3) is 5.91 Å². The average molecular weight is 372 g/mol. The van der Waals surface area contributed by atoms with Crippen LogP contribution in [-0.4, -0.2) is 37.1 Å². The summed E-state index contributed by atoms with van der Waals surface area (Å²) >= 11 is 6.04. The number of hydrogen-bond acceptors (Lipinski definition) is 4. The highest BCUT2D eigenvalue weighted by Gasteiger charge is 2.27. The van der Waals surface area contributed by atoms with Crippen molar-refractivity contribution in [3.8, 4) is 11.5 Å². The number of para-hydroxylation sites is 2. The Labute approximate surface area is 156 Å². The molecule has 1 amide bonds. The van der Waals surface area contributed by atoms with E-state index in [0.717, 1.165) is 16.7 Å². The van der Waals surface area contributed by atoms with Crippen molar-refractivity contribution in [1.82, 2.24) is 4.90 Å². The average Bonchev–Trinajstić information content (AvgIpc) is 2.97. The number of carbonyl (C=O) groups excluding carboxylic acids is 1. The Kier molecular flexibility index (Phi) is 4.24. The standard InChI is InChI=1S/C20H18ClNO4/c1-12-15-9-13(21)7-8-16(15)26-19(12)20(23)22(2)10-14-11-24-17-5-3-4-6-18(17)25-14/h3-9,14H,10-11H2,1-2H3/t14-/m0/s1. The number of furan rings is 1. The molecule has 4 rings (SSSR count). The molecule has 0 spiro atoms. The van der Waals surface area contributed by atoms with Crippen molar-refractivity contribution in [3.63, 3.8) is 0 Å². The molecular formula is C20H18ClNO4. The van der Waals surface area contributed by atoms with Crippen LogP contribution in [0.15, 0.2) is 46.9 Å². The highest BCUT2D eigenvalue weighted by atomic mass is 35.5. The molecule has 0 unspecified atom stereocenters. The molecule has 0 saturated heterocycles. The fourth-order valence-electron chi connectivity index (χ4n) is 3.11. The van der Waals surface area contributed by atoms with Gasteiger partial charge in [-0.1, -0.05) is 23.7 Å². The van der Waals surface area contributed by atoms with E-state index in [2.05, 4.69) is 0 Å². The molecule has 1 aromatic heterocycles. The summed E-state index contributed by atoms with van der Waals surface area (Å²) in [5.41, 5.74) is 1.43. The van der Waals surface area contributed by atoms with Crippen molar-refractivity contribution >= 4 is 28.5 Å². The van der Waals surface area contributed by atoms with Crippen molar-refractivity contribution in [2.45, 2.75) is 13.0 Å².